The van der Waals surface area contributed by atoms with Gasteiger partial charge in [0.2, 0.25) is 0 Å². The Labute approximate surface area is 137 Å². The van der Waals surface area contributed by atoms with Crippen LogP contribution in [0.4, 0.5) is 0 Å². The van der Waals surface area contributed by atoms with Gasteiger partial charge in [0.1, 0.15) is 0 Å². The predicted octanol–water partition coefficient (Wildman–Crippen LogP) is 0.852. The molecule has 1 unspecified atom stereocenters. The van der Waals surface area contributed by atoms with E-state index in [1.165, 1.54) is 10.6 Å². The summed E-state index contributed by atoms with van der Waals surface area (Å²) in [7, 11) is 1.63. The van der Waals surface area contributed by atoms with Crippen LogP contribution >= 0.6 is 0 Å². The quantitative estimate of drug-likeness (QED) is 0.768. The van der Waals surface area contributed by atoms with Gasteiger partial charge in [0.05, 0.1) is 11.7 Å². The van der Waals surface area contributed by atoms with Crippen LogP contribution < -0.4 is 10.9 Å². The van der Waals surface area contributed by atoms with Gasteiger partial charge in [0.25, 0.3) is 11.5 Å². The zero-order chi connectivity index (χ0) is 17.1. The zero-order valence-electron chi connectivity index (χ0n) is 13.2. The third-order valence-corrected chi connectivity index (χ3v) is 3.60. The van der Waals surface area contributed by atoms with E-state index in [2.05, 4.69) is 20.8 Å². The average molecular weight is 324 g/mol. The van der Waals surface area contributed by atoms with E-state index in [0.717, 1.165) is 5.69 Å². The van der Waals surface area contributed by atoms with Gasteiger partial charge >= 0.3 is 0 Å². The number of tetrazole rings is 1. The summed E-state index contributed by atoms with van der Waals surface area (Å²) in [4.78, 5) is 24.0. The molecular formula is C16H16N6O2. The molecule has 3 rings (SSSR count). The van der Waals surface area contributed by atoms with Crippen LogP contribution in [-0.4, -0.2) is 30.7 Å². The van der Waals surface area contributed by atoms with Gasteiger partial charge in [-0.1, -0.05) is 18.2 Å². The second kappa shape index (κ2) is 6.45. The number of benzene rings is 1. The molecule has 2 heterocycles. The van der Waals surface area contributed by atoms with Crippen molar-refractivity contribution in [2.45, 2.75) is 13.0 Å². The maximum Gasteiger partial charge on any atom is 0.252 e. The number of aryl methyl sites for hydroxylation is 1. The van der Waals surface area contributed by atoms with E-state index < -0.39 is 6.04 Å². The van der Waals surface area contributed by atoms with Crippen molar-refractivity contribution in [3.05, 3.63) is 70.4 Å². The Balaban J connectivity index is 1.82. The first-order valence-corrected chi connectivity index (χ1v) is 7.37. The molecule has 0 aliphatic heterocycles. The summed E-state index contributed by atoms with van der Waals surface area (Å²) in [6.07, 6.45) is 1.55. The summed E-state index contributed by atoms with van der Waals surface area (Å²) in [6.45, 7) is 1.78. The Morgan fingerprint density at radius 2 is 1.96 bits per heavy atom. The first-order valence-electron chi connectivity index (χ1n) is 7.37. The molecule has 1 amide bonds. The van der Waals surface area contributed by atoms with Crippen molar-refractivity contribution in [3.63, 3.8) is 0 Å². The van der Waals surface area contributed by atoms with Crippen LogP contribution in [0.25, 0.3) is 5.69 Å². The molecule has 1 N–H and O–H groups in total. The number of para-hydroxylation sites is 1. The molecule has 1 atom stereocenters. The molecule has 0 fully saturated rings. The highest BCUT2D eigenvalue weighted by Gasteiger charge is 2.18. The standard InChI is InChI=1S/C16H16N6O2/c1-11(17-16(24)12-8-9-21(2)14(23)10-12)15-18-19-20-22(15)13-6-4-3-5-7-13/h3-11H,1-2H3,(H,17,24). The van der Waals surface area contributed by atoms with Crippen molar-refractivity contribution >= 4 is 5.91 Å². The fourth-order valence-electron chi connectivity index (χ4n) is 2.25. The highest BCUT2D eigenvalue weighted by molar-refractivity contribution is 5.94. The summed E-state index contributed by atoms with van der Waals surface area (Å²) in [6, 6.07) is 11.8. The smallest absolute Gasteiger partial charge is 0.252 e. The molecular weight excluding hydrogens is 308 g/mol. The maximum atomic E-state index is 12.3. The van der Waals surface area contributed by atoms with Crippen LogP contribution in [0.3, 0.4) is 0 Å². The van der Waals surface area contributed by atoms with Crippen LogP contribution in [-0.2, 0) is 7.05 Å². The third kappa shape index (κ3) is 3.07. The number of hydrogen-bond donors (Lipinski definition) is 1. The number of rotatable bonds is 4. The fraction of sp³-hybridized carbons (Fsp3) is 0.188. The SMILES string of the molecule is CC(NC(=O)c1ccn(C)c(=O)c1)c1nnnn1-c1ccccc1. The summed E-state index contributed by atoms with van der Waals surface area (Å²) in [5.41, 5.74) is 0.847. The minimum Gasteiger partial charge on any atom is -0.342 e. The van der Waals surface area contributed by atoms with E-state index in [4.69, 9.17) is 0 Å². The lowest BCUT2D eigenvalue weighted by Crippen LogP contribution is -2.30. The number of carbonyl (C=O) groups is 1. The molecule has 122 valence electrons. The Bertz CT molecular complexity index is 916. The lowest BCUT2D eigenvalue weighted by atomic mass is 10.2. The van der Waals surface area contributed by atoms with E-state index in [0.29, 0.717) is 11.4 Å². The summed E-state index contributed by atoms with van der Waals surface area (Å²) >= 11 is 0. The topological polar surface area (TPSA) is 94.7 Å². The van der Waals surface area contributed by atoms with Gasteiger partial charge in [0.15, 0.2) is 5.82 Å². The van der Waals surface area contributed by atoms with Gasteiger partial charge in [-0.05, 0) is 35.5 Å². The molecule has 2 aromatic heterocycles. The fourth-order valence-corrected chi connectivity index (χ4v) is 2.25. The lowest BCUT2D eigenvalue weighted by Gasteiger charge is -2.13. The second-order valence-corrected chi connectivity index (χ2v) is 5.34. The molecule has 0 spiro atoms. The van der Waals surface area contributed by atoms with E-state index in [1.54, 1.807) is 30.9 Å². The van der Waals surface area contributed by atoms with E-state index in [-0.39, 0.29) is 11.5 Å². The van der Waals surface area contributed by atoms with Crippen molar-refractivity contribution in [2.24, 2.45) is 7.05 Å². The summed E-state index contributed by atoms with van der Waals surface area (Å²) in [5.74, 6) is 0.140. The lowest BCUT2D eigenvalue weighted by molar-refractivity contribution is 0.0937. The first kappa shape index (κ1) is 15.6. The number of nitrogens with zero attached hydrogens (tertiary/aromatic N) is 5. The Hall–Kier alpha value is -3.29. The van der Waals surface area contributed by atoms with Gasteiger partial charge in [-0.3, -0.25) is 9.59 Å². The molecule has 0 aliphatic rings. The molecule has 8 heteroatoms. The van der Waals surface area contributed by atoms with Gasteiger partial charge in [-0.15, -0.1) is 5.10 Å². The molecule has 0 bridgehead atoms. The van der Waals surface area contributed by atoms with Crippen molar-refractivity contribution in [3.8, 4) is 5.69 Å². The molecule has 3 aromatic rings. The minimum atomic E-state index is -0.434. The highest BCUT2D eigenvalue weighted by Crippen LogP contribution is 2.14. The predicted molar refractivity (Wildman–Crippen MR) is 86.7 cm³/mol. The number of hydrogen-bond acceptors (Lipinski definition) is 5. The first-order chi connectivity index (χ1) is 11.6. The van der Waals surface area contributed by atoms with Crippen molar-refractivity contribution in [1.29, 1.82) is 0 Å². The maximum absolute atomic E-state index is 12.3. The van der Waals surface area contributed by atoms with Crippen LogP contribution in [0.1, 0.15) is 29.1 Å². The van der Waals surface area contributed by atoms with E-state index >= 15 is 0 Å². The largest absolute Gasteiger partial charge is 0.342 e. The molecule has 0 saturated heterocycles. The van der Waals surface area contributed by atoms with Crippen molar-refractivity contribution in [2.75, 3.05) is 0 Å². The number of pyridine rings is 1. The van der Waals surface area contributed by atoms with Gasteiger partial charge in [-0.25, -0.2) is 0 Å². The number of nitrogens with one attached hydrogen (secondary N) is 1. The third-order valence-electron chi connectivity index (χ3n) is 3.60. The average Bonchev–Trinajstić information content (AvgIpc) is 3.08. The Kier molecular flexibility index (Phi) is 4.19. The number of amides is 1. The molecule has 8 nitrogen and oxygen atoms in total. The highest BCUT2D eigenvalue weighted by atomic mass is 16.2. The minimum absolute atomic E-state index is 0.246. The molecule has 0 aliphatic carbocycles. The van der Waals surface area contributed by atoms with E-state index in [9.17, 15) is 9.59 Å². The Morgan fingerprint density at radius 3 is 2.67 bits per heavy atom. The van der Waals surface area contributed by atoms with Gasteiger partial charge in [0, 0.05) is 24.9 Å². The zero-order valence-corrected chi connectivity index (χ0v) is 13.2. The number of carbonyl (C=O) groups excluding carboxylic acids is 1. The van der Waals surface area contributed by atoms with Crippen LogP contribution in [0.15, 0.2) is 53.5 Å². The molecule has 24 heavy (non-hydrogen) atoms. The Morgan fingerprint density at radius 1 is 1.21 bits per heavy atom. The normalized spacial score (nSPS) is 11.9. The van der Waals surface area contributed by atoms with Crippen molar-refractivity contribution < 1.29 is 4.79 Å². The summed E-state index contributed by atoms with van der Waals surface area (Å²) in [5, 5.41) is 14.4. The van der Waals surface area contributed by atoms with Crippen LogP contribution in [0, 0.1) is 0 Å². The second-order valence-electron chi connectivity index (χ2n) is 5.34. The molecule has 0 radical (unpaired) electrons. The van der Waals surface area contributed by atoms with Gasteiger partial charge < -0.3 is 9.88 Å². The number of aromatic nitrogens is 5. The molecule has 1 aromatic carbocycles. The van der Waals surface area contributed by atoms with E-state index in [1.807, 2.05) is 30.3 Å². The van der Waals surface area contributed by atoms with Crippen molar-refractivity contribution in [1.82, 2.24) is 30.1 Å². The molecule has 0 saturated carbocycles. The summed E-state index contributed by atoms with van der Waals surface area (Å²) < 4.78 is 2.96. The monoisotopic (exact) mass is 324 g/mol. The van der Waals surface area contributed by atoms with Crippen LogP contribution in [0.5, 0.6) is 0 Å². The van der Waals surface area contributed by atoms with Crippen LogP contribution in [0.2, 0.25) is 0 Å². The van der Waals surface area contributed by atoms with Gasteiger partial charge in [-0.2, -0.15) is 4.68 Å².